The molecule has 1 rings (SSSR count). The predicted octanol–water partition coefficient (Wildman–Crippen LogP) is 3.64. The Labute approximate surface area is 75.4 Å². The first-order valence-electron chi connectivity index (χ1n) is 4.12. The Hall–Kier alpha value is -0.990. The zero-order chi connectivity index (χ0) is 10.1. The van der Waals surface area contributed by atoms with Crippen LogP contribution >= 0.6 is 0 Å². The highest BCUT2D eigenvalue weighted by Gasteiger charge is 2.31. The first kappa shape index (κ1) is 10.1. The third-order valence-corrected chi connectivity index (χ3v) is 1.96. The van der Waals surface area contributed by atoms with Crippen molar-refractivity contribution >= 4 is 0 Å². The minimum absolute atomic E-state index is 0.382. The number of halogens is 3. The molecule has 0 aliphatic carbocycles. The average molecular weight is 188 g/mol. The molecule has 0 aliphatic heterocycles. The van der Waals surface area contributed by atoms with Crippen molar-refractivity contribution in [2.45, 2.75) is 26.2 Å². The lowest BCUT2D eigenvalue weighted by atomic mass is 10.0. The zero-order valence-corrected chi connectivity index (χ0v) is 7.57. The summed E-state index contributed by atoms with van der Waals surface area (Å²) in [4.78, 5) is 0. The van der Waals surface area contributed by atoms with Crippen LogP contribution in [0, 0.1) is 12.7 Å². The second-order valence-electron chi connectivity index (χ2n) is 3.04. The quantitative estimate of drug-likeness (QED) is 0.664. The molecule has 0 saturated heterocycles. The van der Waals surface area contributed by atoms with E-state index in [0.717, 1.165) is 12.1 Å². The van der Waals surface area contributed by atoms with Crippen LogP contribution in [-0.2, 0) is 5.92 Å². The van der Waals surface area contributed by atoms with Crippen LogP contribution in [0.15, 0.2) is 18.2 Å². The normalized spacial score (nSPS) is 11.8. The fraction of sp³-hybridized carbons (Fsp3) is 0.400. The van der Waals surface area contributed by atoms with Crippen molar-refractivity contribution in [3.8, 4) is 0 Å². The van der Waals surface area contributed by atoms with Crippen LogP contribution in [0.4, 0.5) is 13.2 Å². The van der Waals surface area contributed by atoms with E-state index in [1.165, 1.54) is 13.0 Å². The summed E-state index contributed by atoms with van der Waals surface area (Å²) < 4.78 is 39.1. The Morgan fingerprint density at radius 1 is 1.31 bits per heavy atom. The zero-order valence-electron chi connectivity index (χ0n) is 7.57. The van der Waals surface area contributed by atoms with Crippen molar-refractivity contribution < 1.29 is 13.2 Å². The largest absolute Gasteiger partial charge is 0.275 e. The molecule has 3 heteroatoms. The summed E-state index contributed by atoms with van der Waals surface area (Å²) in [5, 5.41) is 0. The maximum atomic E-state index is 13.1. The number of rotatable bonds is 2. The summed E-state index contributed by atoms with van der Waals surface area (Å²) >= 11 is 0. The highest BCUT2D eigenvalue weighted by atomic mass is 19.3. The van der Waals surface area contributed by atoms with E-state index in [4.69, 9.17) is 0 Å². The Morgan fingerprint density at radius 2 is 1.92 bits per heavy atom. The molecule has 0 saturated carbocycles. The van der Waals surface area contributed by atoms with Crippen molar-refractivity contribution in [2.24, 2.45) is 0 Å². The molecule has 0 heterocycles. The minimum Gasteiger partial charge on any atom is -0.206 e. The van der Waals surface area contributed by atoms with Crippen LogP contribution in [0.25, 0.3) is 0 Å². The van der Waals surface area contributed by atoms with Crippen LogP contribution in [0.1, 0.15) is 24.5 Å². The summed E-state index contributed by atoms with van der Waals surface area (Å²) in [6, 6.07) is 3.76. The smallest absolute Gasteiger partial charge is 0.206 e. The van der Waals surface area contributed by atoms with Gasteiger partial charge in [0.15, 0.2) is 0 Å². The van der Waals surface area contributed by atoms with Gasteiger partial charge in [0.25, 0.3) is 5.92 Å². The molecule has 0 radical (unpaired) electrons. The average Bonchev–Trinajstić information content (AvgIpc) is 2.03. The molecule has 0 aromatic heterocycles. The maximum absolute atomic E-state index is 13.1. The van der Waals surface area contributed by atoms with Gasteiger partial charge in [0, 0.05) is 6.42 Å². The van der Waals surface area contributed by atoms with Gasteiger partial charge >= 0.3 is 0 Å². The molecule has 0 aliphatic rings. The van der Waals surface area contributed by atoms with Crippen molar-refractivity contribution in [3.05, 3.63) is 35.1 Å². The number of hydrogen-bond donors (Lipinski definition) is 0. The van der Waals surface area contributed by atoms with E-state index in [0.29, 0.717) is 5.56 Å². The lowest BCUT2D eigenvalue weighted by molar-refractivity contribution is -0.0117. The molecule has 0 nitrogen and oxygen atoms in total. The molecule has 0 N–H and O–H groups in total. The SMILES string of the molecule is CCC(F)(F)c1ccc(C)cc1F. The molecule has 1 aromatic carbocycles. The van der Waals surface area contributed by atoms with Crippen molar-refractivity contribution in [3.63, 3.8) is 0 Å². The van der Waals surface area contributed by atoms with Crippen LogP contribution in [0.3, 0.4) is 0 Å². The van der Waals surface area contributed by atoms with E-state index in [1.807, 2.05) is 0 Å². The highest BCUT2D eigenvalue weighted by Crippen LogP contribution is 2.33. The van der Waals surface area contributed by atoms with Gasteiger partial charge in [-0.15, -0.1) is 0 Å². The molecule has 0 amide bonds. The van der Waals surface area contributed by atoms with E-state index >= 15 is 0 Å². The second-order valence-corrected chi connectivity index (χ2v) is 3.04. The third-order valence-electron chi connectivity index (χ3n) is 1.96. The van der Waals surface area contributed by atoms with Crippen LogP contribution in [0.2, 0.25) is 0 Å². The van der Waals surface area contributed by atoms with Gasteiger partial charge in [0.2, 0.25) is 0 Å². The fourth-order valence-electron chi connectivity index (χ4n) is 1.11. The molecule has 0 bridgehead atoms. The van der Waals surface area contributed by atoms with Gasteiger partial charge in [-0.25, -0.2) is 13.2 Å². The Kier molecular flexibility index (Phi) is 2.64. The monoisotopic (exact) mass is 188 g/mol. The summed E-state index contributed by atoms with van der Waals surface area (Å²) in [6.45, 7) is 3.00. The van der Waals surface area contributed by atoms with E-state index in [9.17, 15) is 13.2 Å². The maximum Gasteiger partial charge on any atom is 0.275 e. The number of aryl methyl sites for hydroxylation is 1. The third kappa shape index (κ3) is 2.02. The first-order chi connectivity index (χ1) is 5.97. The van der Waals surface area contributed by atoms with E-state index in [-0.39, 0.29) is 6.42 Å². The number of benzene rings is 1. The standard InChI is InChI=1S/C10H11F3/c1-3-10(12,13)8-5-4-7(2)6-9(8)11/h4-6H,3H2,1-2H3. The van der Waals surface area contributed by atoms with Crippen molar-refractivity contribution in [1.29, 1.82) is 0 Å². The summed E-state index contributed by atoms with van der Waals surface area (Å²) in [5.41, 5.74) is 0.133. The molecule has 1 aromatic rings. The summed E-state index contributed by atoms with van der Waals surface area (Å²) in [5.74, 6) is -3.88. The Morgan fingerprint density at radius 3 is 2.38 bits per heavy atom. The summed E-state index contributed by atoms with van der Waals surface area (Å²) in [7, 11) is 0. The lowest BCUT2D eigenvalue weighted by Crippen LogP contribution is -2.13. The molecular formula is C10H11F3. The summed E-state index contributed by atoms with van der Waals surface area (Å²) in [6.07, 6.45) is -0.382. The highest BCUT2D eigenvalue weighted by molar-refractivity contribution is 5.26. The molecule has 0 atom stereocenters. The van der Waals surface area contributed by atoms with Crippen molar-refractivity contribution in [2.75, 3.05) is 0 Å². The van der Waals surface area contributed by atoms with Gasteiger partial charge < -0.3 is 0 Å². The molecule has 0 unspecified atom stereocenters. The number of hydrogen-bond acceptors (Lipinski definition) is 0. The second kappa shape index (κ2) is 3.40. The Balaban J connectivity index is 3.16. The van der Waals surface area contributed by atoms with Gasteiger partial charge in [0.1, 0.15) is 5.82 Å². The van der Waals surface area contributed by atoms with Gasteiger partial charge in [-0.1, -0.05) is 13.0 Å². The fourth-order valence-corrected chi connectivity index (χ4v) is 1.11. The Bertz CT molecular complexity index is 305. The first-order valence-corrected chi connectivity index (χ1v) is 4.12. The van der Waals surface area contributed by atoms with E-state index < -0.39 is 17.3 Å². The van der Waals surface area contributed by atoms with Crippen molar-refractivity contribution in [1.82, 2.24) is 0 Å². The van der Waals surface area contributed by atoms with Crippen LogP contribution < -0.4 is 0 Å². The van der Waals surface area contributed by atoms with Gasteiger partial charge in [-0.2, -0.15) is 0 Å². The predicted molar refractivity (Wildman–Crippen MR) is 45.3 cm³/mol. The molecule has 0 fully saturated rings. The molecule has 13 heavy (non-hydrogen) atoms. The van der Waals surface area contributed by atoms with Crippen LogP contribution in [0.5, 0.6) is 0 Å². The molecular weight excluding hydrogens is 177 g/mol. The number of alkyl halides is 2. The molecule has 72 valence electrons. The van der Waals surface area contributed by atoms with Gasteiger partial charge in [-0.3, -0.25) is 0 Å². The van der Waals surface area contributed by atoms with E-state index in [1.54, 1.807) is 6.92 Å². The van der Waals surface area contributed by atoms with Gasteiger partial charge in [-0.05, 0) is 24.6 Å². The van der Waals surface area contributed by atoms with Gasteiger partial charge in [0.05, 0.1) is 5.56 Å². The molecule has 0 spiro atoms. The lowest BCUT2D eigenvalue weighted by Gasteiger charge is -2.15. The van der Waals surface area contributed by atoms with Crippen LogP contribution in [-0.4, -0.2) is 0 Å². The van der Waals surface area contributed by atoms with E-state index in [2.05, 4.69) is 0 Å². The topological polar surface area (TPSA) is 0 Å². The minimum atomic E-state index is -3.06.